The van der Waals surface area contributed by atoms with Gasteiger partial charge in [0, 0.05) is 45.4 Å². The highest BCUT2D eigenvalue weighted by molar-refractivity contribution is 6.30. The van der Waals surface area contributed by atoms with Gasteiger partial charge in [-0.05, 0) is 56.5 Å². The Morgan fingerprint density at radius 2 is 2.00 bits per heavy atom. The highest BCUT2D eigenvalue weighted by Gasteiger charge is 2.19. The lowest BCUT2D eigenvalue weighted by molar-refractivity contribution is 0.121. The van der Waals surface area contributed by atoms with E-state index in [1.807, 2.05) is 12.1 Å². The van der Waals surface area contributed by atoms with Gasteiger partial charge in [-0.3, -0.25) is 4.99 Å². The van der Waals surface area contributed by atoms with Gasteiger partial charge in [0.15, 0.2) is 5.96 Å². The van der Waals surface area contributed by atoms with Gasteiger partial charge < -0.3 is 19.9 Å². The summed E-state index contributed by atoms with van der Waals surface area (Å²) in [7, 11) is 3.85. The summed E-state index contributed by atoms with van der Waals surface area (Å²) in [5.74, 6) is 1.65. The summed E-state index contributed by atoms with van der Waals surface area (Å²) < 4.78 is 5.17. The third kappa shape index (κ3) is 7.14. The third-order valence-corrected chi connectivity index (χ3v) is 5.10. The number of hydrogen-bond acceptors (Lipinski definition) is 3. The molecule has 0 spiro atoms. The second kappa shape index (κ2) is 11.4. The van der Waals surface area contributed by atoms with Crippen LogP contribution in [0.3, 0.4) is 0 Å². The molecule has 0 aromatic heterocycles. The lowest BCUT2D eigenvalue weighted by Gasteiger charge is -2.31. The summed E-state index contributed by atoms with van der Waals surface area (Å²) in [5, 5.41) is 4.19. The molecule has 0 bridgehead atoms. The Hall–Kier alpha value is -1.30. The van der Waals surface area contributed by atoms with Crippen LogP contribution in [0.1, 0.15) is 25.3 Å². The van der Waals surface area contributed by atoms with E-state index in [0.29, 0.717) is 5.92 Å². The molecule has 5 nitrogen and oxygen atoms in total. The van der Waals surface area contributed by atoms with Gasteiger partial charge in [0.2, 0.25) is 0 Å². The number of aliphatic imine (C=N–C) groups is 1. The largest absolute Gasteiger partial charge is 0.383 e. The molecule has 146 valence electrons. The summed E-state index contributed by atoms with van der Waals surface area (Å²) in [6.07, 6.45) is 2.43. The smallest absolute Gasteiger partial charge is 0.193 e. The maximum absolute atomic E-state index is 5.97. The van der Waals surface area contributed by atoms with Crippen LogP contribution in [-0.4, -0.2) is 69.2 Å². The van der Waals surface area contributed by atoms with Crippen molar-refractivity contribution in [3.05, 3.63) is 34.9 Å². The highest BCUT2D eigenvalue weighted by atomic mass is 35.5. The maximum atomic E-state index is 5.97. The first-order valence-corrected chi connectivity index (χ1v) is 9.95. The molecule has 2 rings (SSSR count). The maximum Gasteiger partial charge on any atom is 0.193 e. The molecular weight excluding hydrogens is 348 g/mol. The molecule has 26 heavy (non-hydrogen) atoms. The molecule has 1 N–H and O–H groups in total. The van der Waals surface area contributed by atoms with Crippen LogP contribution in [0.2, 0.25) is 5.02 Å². The minimum absolute atomic E-state index is 0.673. The van der Waals surface area contributed by atoms with Crippen molar-refractivity contribution in [2.24, 2.45) is 10.9 Å². The summed E-state index contributed by atoms with van der Waals surface area (Å²) in [4.78, 5) is 9.57. The molecule has 0 atom stereocenters. The number of methoxy groups -OCH3 is 1. The van der Waals surface area contributed by atoms with Crippen molar-refractivity contribution in [1.29, 1.82) is 0 Å². The molecule has 0 amide bonds. The molecule has 1 fully saturated rings. The summed E-state index contributed by atoms with van der Waals surface area (Å²) in [6, 6.07) is 8.01. The molecular formula is C20H33ClN4O. The monoisotopic (exact) mass is 380 g/mol. The van der Waals surface area contributed by atoms with Crippen LogP contribution in [0.4, 0.5) is 0 Å². The SMILES string of the molecule is CCNC(=NCC1CCN(CCOC)CC1)N(C)Cc1ccc(Cl)cc1. The van der Waals surface area contributed by atoms with Crippen LogP contribution in [0.15, 0.2) is 29.3 Å². The Morgan fingerprint density at radius 3 is 2.62 bits per heavy atom. The van der Waals surface area contributed by atoms with Gasteiger partial charge in [0.05, 0.1) is 6.61 Å². The first-order valence-electron chi connectivity index (χ1n) is 9.57. The first kappa shape index (κ1) is 21.0. The zero-order chi connectivity index (χ0) is 18.8. The number of rotatable bonds is 8. The van der Waals surface area contributed by atoms with Crippen LogP contribution in [0, 0.1) is 5.92 Å². The number of nitrogens with one attached hydrogen (secondary N) is 1. The molecule has 1 heterocycles. The number of nitrogens with zero attached hydrogens (tertiary/aromatic N) is 3. The zero-order valence-corrected chi connectivity index (χ0v) is 17.1. The zero-order valence-electron chi connectivity index (χ0n) is 16.4. The van der Waals surface area contributed by atoms with Crippen molar-refractivity contribution in [2.75, 3.05) is 53.5 Å². The molecule has 1 aliphatic heterocycles. The molecule has 0 radical (unpaired) electrons. The summed E-state index contributed by atoms with van der Waals surface area (Å²) in [6.45, 7) is 8.87. The van der Waals surface area contributed by atoms with Gasteiger partial charge in [0.25, 0.3) is 0 Å². The lowest BCUT2D eigenvalue weighted by atomic mass is 9.97. The molecule has 1 saturated heterocycles. The third-order valence-electron chi connectivity index (χ3n) is 4.85. The average molecular weight is 381 g/mol. The quantitative estimate of drug-likeness (QED) is 0.555. The van der Waals surface area contributed by atoms with Crippen LogP contribution in [0.25, 0.3) is 0 Å². The predicted octanol–water partition coefficient (Wildman–Crippen LogP) is 3.10. The number of hydrogen-bond donors (Lipinski definition) is 1. The second-order valence-electron chi connectivity index (χ2n) is 6.95. The first-order chi connectivity index (χ1) is 12.6. The minimum atomic E-state index is 0.673. The van der Waals surface area contributed by atoms with Crippen molar-refractivity contribution in [2.45, 2.75) is 26.3 Å². The average Bonchev–Trinajstić information content (AvgIpc) is 2.66. The topological polar surface area (TPSA) is 40.1 Å². The molecule has 6 heteroatoms. The molecule has 0 unspecified atom stereocenters. The van der Waals surface area contributed by atoms with Crippen molar-refractivity contribution in [3.8, 4) is 0 Å². The lowest BCUT2D eigenvalue weighted by Crippen LogP contribution is -2.40. The van der Waals surface area contributed by atoms with Gasteiger partial charge in [-0.25, -0.2) is 0 Å². The number of guanidine groups is 1. The highest BCUT2D eigenvalue weighted by Crippen LogP contribution is 2.17. The van der Waals surface area contributed by atoms with E-state index in [-0.39, 0.29) is 0 Å². The van der Waals surface area contributed by atoms with Crippen LogP contribution >= 0.6 is 11.6 Å². The molecule has 0 aliphatic carbocycles. The van der Waals surface area contributed by atoms with Gasteiger partial charge in [0.1, 0.15) is 0 Å². The Morgan fingerprint density at radius 1 is 1.31 bits per heavy atom. The van der Waals surface area contributed by atoms with Gasteiger partial charge >= 0.3 is 0 Å². The van der Waals surface area contributed by atoms with Crippen molar-refractivity contribution >= 4 is 17.6 Å². The van der Waals surface area contributed by atoms with Crippen LogP contribution < -0.4 is 5.32 Å². The Kier molecular flexibility index (Phi) is 9.23. The van der Waals surface area contributed by atoms with Crippen molar-refractivity contribution in [1.82, 2.24) is 15.1 Å². The summed E-state index contributed by atoms with van der Waals surface area (Å²) >= 11 is 5.97. The molecule has 1 aromatic carbocycles. The summed E-state index contributed by atoms with van der Waals surface area (Å²) in [5.41, 5.74) is 1.23. The van der Waals surface area contributed by atoms with E-state index in [1.54, 1.807) is 7.11 Å². The van der Waals surface area contributed by atoms with E-state index in [0.717, 1.165) is 56.9 Å². The van der Waals surface area contributed by atoms with Crippen LogP contribution in [-0.2, 0) is 11.3 Å². The van der Waals surface area contributed by atoms with E-state index in [9.17, 15) is 0 Å². The number of benzene rings is 1. The van der Waals surface area contributed by atoms with Crippen molar-refractivity contribution < 1.29 is 4.74 Å². The Balaban J connectivity index is 1.84. The standard InChI is InChI=1S/C20H33ClN4O/c1-4-22-20(24(2)16-18-5-7-19(21)8-6-18)23-15-17-9-11-25(12-10-17)13-14-26-3/h5-8,17H,4,9-16H2,1-3H3,(H,22,23). The van der Waals surface area contributed by atoms with E-state index >= 15 is 0 Å². The molecule has 1 aliphatic rings. The van der Waals surface area contributed by atoms with Crippen molar-refractivity contribution in [3.63, 3.8) is 0 Å². The Labute approximate surface area is 163 Å². The number of halogens is 1. The molecule has 1 aromatic rings. The van der Waals surface area contributed by atoms with Crippen LogP contribution in [0.5, 0.6) is 0 Å². The Bertz CT molecular complexity index is 541. The predicted molar refractivity (Wildman–Crippen MR) is 110 cm³/mol. The number of piperidine rings is 1. The van der Waals surface area contributed by atoms with E-state index in [1.165, 1.54) is 18.4 Å². The number of ether oxygens (including phenoxy) is 1. The molecule has 0 saturated carbocycles. The fourth-order valence-corrected chi connectivity index (χ4v) is 3.36. The van der Waals surface area contributed by atoms with E-state index < -0.39 is 0 Å². The van der Waals surface area contributed by atoms with Gasteiger partial charge in [-0.1, -0.05) is 23.7 Å². The van der Waals surface area contributed by atoms with E-state index in [4.69, 9.17) is 21.3 Å². The van der Waals surface area contributed by atoms with Gasteiger partial charge in [-0.15, -0.1) is 0 Å². The number of likely N-dealkylation sites (tertiary alicyclic amines) is 1. The fourth-order valence-electron chi connectivity index (χ4n) is 3.24. The van der Waals surface area contributed by atoms with E-state index in [2.05, 4.69) is 41.2 Å². The second-order valence-corrected chi connectivity index (χ2v) is 7.39. The minimum Gasteiger partial charge on any atom is -0.383 e. The normalized spacial score (nSPS) is 16.7. The van der Waals surface area contributed by atoms with Gasteiger partial charge in [-0.2, -0.15) is 0 Å². The fraction of sp³-hybridized carbons (Fsp3) is 0.650.